The van der Waals surface area contributed by atoms with Crippen LogP contribution in [-0.4, -0.2) is 64.7 Å². The number of likely N-dealkylation sites (tertiary alicyclic amines) is 1. The quantitative estimate of drug-likeness (QED) is 0.904. The molecule has 2 aliphatic heterocycles. The van der Waals surface area contributed by atoms with Crippen molar-refractivity contribution in [1.82, 2.24) is 20.0 Å². The highest BCUT2D eigenvalue weighted by atomic mass is 16.5. The third-order valence-corrected chi connectivity index (χ3v) is 5.71. The van der Waals surface area contributed by atoms with E-state index in [2.05, 4.69) is 10.2 Å². The number of aromatic nitrogens is 2. The summed E-state index contributed by atoms with van der Waals surface area (Å²) in [5.74, 6) is 0.433. The number of aromatic amines is 1. The van der Waals surface area contributed by atoms with E-state index in [4.69, 9.17) is 4.74 Å². The largest absolute Gasteiger partial charge is 0.378 e. The Balaban J connectivity index is 1.49. The average molecular weight is 346 g/mol. The first kappa shape index (κ1) is 16.6. The van der Waals surface area contributed by atoms with Gasteiger partial charge in [-0.3, -0.25) is 14.7 Å². The molecule has 0 radical (unpaired) electrons. The Labute approximate surface area is 147 Å². The van der Waals surface area contributed by atoms with Crippen LogP contribution in [0, 0.1) is 5.92 Å². The minimum Gasteiger partial charge on any atom is -0.378 e. The fourth-order valence-corrected chi connectivity index (χ4v) is 3.95. The molecule has 1 N–H and O–H groups in total. The van der Waals surface area contributed by atoms with Gasteiger partial charge in [-0.1, -0.05) is 6.42 Å². The molecule has 1 aliphatic carbocycles. The number of ether oxygens (including phenoxy) is 1. The molecule has 136 valence electrons. The smallest absolute Gasteiger partial charge is 0.274 e. The molecule has 4 rings (SSSR count). The van der Waals surface area contributed by atoms with Gasteiger partial charge in [0.05, 0.1) is 24.9 Å². The molecule has 0 aromatic carbocycles. The zero-order valence-corrected chi connectivity index (χ0v) is 14.6. The zero-order chi connectivity index (χ0) is 17.2. The predicted molar refractivity (Wildman–Crippen MR) is 91.0 cm³/mol. The number of H-pyrrole nitrogens is 1. The van der Waals surface area contributed by atoms with Crippen LogP contribution in [0.2, 0.25) is 0 Å². The van der Waals surface area contributed by atoms with E-state index in [-0.39, 0.29) is 23.8 Å². The minimum atomic E-state index is -0.0570. The monoisotopic (exact) mass is 346 g/mol. The normalized spacial score (nSPS) is 24.9. The van der Waals surface area contributed by atoms with E-state index in [0.29, 0.717) is 32.0 Å². The maximum Gasteiger partial charge on any atom is 0.274 e. The average Bonchev–Trinajstić information content (AvgIpc) is 3.10. The van der Waals surface area contributed by atoms with Crippen molar-refractivity contribution in [1.29, 1.82) is 0 Å². The number of piperidine rings is 1. The Hall–Kier alpha value is -1.89. The van der Waals surface area contributed by atoms with Crippen molar-refractivity contribution in [2.75, 3.05) is 32.8 Å². The molecule has 1 aromatic rings. The van der Waals surface area contributed by atoms with Crippen LogP contribution in [0.15, 0.2) is 6.07 Å². The number of nitrogens with zero attached hydrogens (tertiary/aromatic N) is 3. The summed E-state index contributed by atoms with van der Waals surface area (Å²) in [5.41, 5.74) is 1.34. The number of hydrogen-bond donors (Lipinski definition) is 1. The summed E-state index contributed by atoms with van der Waals surface area (Å²) in [7, 11) is 0. The van der Waals surface area contributed by atoms with Crippen molar-refractivity contribution in [3.05, 3.63) is 17.5 Å². The Bertz CT molecular complexity index is 634. The second kappa shape index (κ2) is 7.15. The van der Waals surface area contributed by atoms with Gasteiger partial charge in [0.25, 0.3) is 5.91 Å². The highest BCUT2D eigenvalue weighted by Gasteiger charge is 2.36. The number of carbonyl (C=O) groups excluding carboxylic acids is 2. The van der Waals surface area contributed by atoms with Crippen molar-refractivity contribution < 1.29 is 14.3 Å². The van der Waals surface area contributed by atoms with Crippen LogP contribution >= 0.6 is 0 Å². The van der Waals surface area contributed by atoms with Crippen molar-refractivity contribution in [2.24, 2.45) is 5.92 Å². The predicted octanol–water partition coefficient (Wildman–Crippen LogP) is 1.74. The molecule has 7 nitrogen and oxygen atoms in total. The van der Waals surface area contributed by atoms with Gasteiger partial charge < -0.3 is 14.5 Å². The van der Waals surface area contributed by atoms with Gasteiger partial charge in [-0.2, -0.15) is 5.10 Å². The van der Waals surface area contributed by atoms with Crippen LogP contribution in [0.5, 0.6) is 0 Å². The fraction of sp³-hybridized carbons (Fsp3) is 0.722. The van der Waals surface area contributed by atoms with E-state index in [1.807, 2.05) is 11.0 Å². The number of nitrogens with one attached hydrogen (secondary N) is 1. The number of rotatable bonds is 3. The lowest BCUT2D eigenvalue weighted by Crippen LogP contribution is -2.43. The molecule has 1 atom stereocenters. The van der Waals surface area contributed by atoms with Crippen molar-refractivity contribution in [2.45, 2.75) is 44.6 Å². The van der Waals surface area contributed by atoms with Gasteiger partial charge >= 0.3 is 0 Å². The summed E-state index contributed by atoms with van der Waals surface area (Å²) >= 11 is 0. The summed E-state index contributed by atoms with van der Waals surface area (Å²) in [6, 6.07) is 1.87. The summed E-state index contributed by atoms with van der Waals surface area (Å²) in [4.78, 5) is 29.1. The molecule has 2 amide bonds. The van der Waals surface area contributed by atoms with Gasteiger partial charge in [-0.25, -0.2) is 0 Å². The molecule has 3 fully saturated rings. The third-order valence-electron chi connectivity index (χ3n) is 5.71. The summed E-state index contributed by atoms with van der Waals surface area (Å²) in [6.07, 6.45) is 6.30. The molecule has 0 spiro atoms. The van der Waals surface area contributed by atoms with E-state index in [1.54, 1.807) is 4.90 Å². The minimum absolute atomic E-state index is 0.0283. The van der Waals surface area contributed by atoms with Gasteiger partial charge in [-0.15, -0.1) is 0 Å². The lowest BCUT2D eigenvalue weighted by Gasteiger charge is -2.39. The topological polar surface area (TPSA) is 78.5 Å². The maximum atomic E-state index is 12.8. The number of amides is 2. The number of carbonyl (C=O) groups is 2. The second-order valence-electron chi connectivity index (χ2n) is 7.28. The van der Waals surface area contributed by atoms with Crippen LogP contribution in [0.4, 0.5) is 0 Å². The molecule has 3 aliphatic rings. The first-order valence-corrected chi connectivity index (χ1v) is 9.47. The van der Waals surface area contributed by atoms with E-state index in [9.17, 15) is 9.59 Å². The molecule has 1 saturated carbocycles. The van der Waals surface area contributed by atoms with Crippen molar-refractivity contribution in [3.63, 3.8) is 0 Å². The van der Waals surface area contributed by atoms with Gasteiger partial charge in [0.1, 0.15) is 5.69 Å². The zero-order valence-electron chi connectivity index (χ0n) is 14.6. The summed E-state index contributed by atoms with van der Waals surface area (Å²) in [6.45, 7) is 3.18. The van der Waals surface area contributed by atoms with Crippen LogP contribution in [0.25, 0.3) is 0 Å². The van der Waals surface area contributed by atoms with Crippen molar-refractivity contribution >= 4 is 11.8 Å². The van der Waals surface area contributed by atoms with Crippen LogP contribution in [-0.2, 0) is 9.53 Å². The highest BCUT2D eigenvalue weighted by molar-refractivity contribution is 5.92. The molecule has 0 bridgehead atoms. The molecule has 0 unspecified atom stereocenters. The molecular weight excluding hydrogens is 320 g/mol. The maximum absolute atomic E-state index is 12.8. The first-order valence-electron chi connectivity index (χ1n) is 9.47. The summed E-state index contributed by atoms with van der Waals surface area (Å²) < 4.78 is 5.30. The van der Waals surface area contributed by atoms with Crippen LogP contribution in [0.1, 0.15) is 60.7 Å². The highest BCUT2D eigenvalue weighted by Crippen LogP contribution is 2.35. The Morgan fingerprint density at radius 3 is 2.60 bits per heavy atom. The van der Waals surface area contributed by atoms with E-state index < -0.39 is 0 Å². The Kier molecular flexibility index (Phi) is 4.74. The van der Waals surface area contributed by atoms with Crippen molar-refractivity contribution in [3.8, 4) is 0 Å². The standard InChI is InChI=1S/C18H26N4O3/c23-17(13-4-3-5-13)22-7-2-1-6-16(22)14-12-15(20-19-14)18(24)21-8-10-25-11-9-21/h12-13,16H,1-11H2,(H,19,20)/t16-/m0/s1. The molecule has 25 heavy (non-hydrogen) atoms. The van der Waals surface area contributed by atoms with Gasteiger partial charge in [-0.05, 0) is 38.2 Å². The van der Waals surface area contributed by atoms with Gasteiger partial charge in [0, 0.05) is 25.6 Å². The molecular formula is C18H26N4O3. The van der Waals surface area contributed by atoms with E-state index >= 15 is 0 Å². The first-order chi connectivity index (χ1) is 12.2. The fourth-order valence-electron chi connectivity index (χ4n) is 3.95. The molecule has 3 heterocycles. The molecule has 2 saturated heterocycles. The third kappa shape index (κ3) is 3.29. The lowest BCUT2D eigenvalue weighted by atomic mass is 9.83. The molecule has 7 heteroatoms. The van der Waals surface area contributed by atoms with Gasteiger partial charge in [0.15, 0.2) is 0 Å². The SMILES string of the molecule is O=C(c1cc([C@@H]2CCCCN2C(=O)C2CCC2)[nH]n1)N1CCOCC1. The van der Waals surface area contributed by atoms with E-state index in [0.717, 1.165) is 50.8 Å². The lowest BCUT2D eigenvalue weighted by molar-refractivity contribution is -0.142. The Morgan fingerprint density at radius 1 is 1.08 bits per heavy atom. The number of hydrogen-bond acceptors (Lipinski definition) is 4. The number of morpholine rings is 1. The summed E-state index contributed by atoms with van der Waals surface area (Å²) in [5, 5.41) is 7.28. The van der Waals surface area contributed by atoms with Crippen LogP contribution < -0.4 is 0 Å². The molecule has 1 aromatic heterocycles. The van der Waals surface area contributed by atoms with Crippen LogP contribution in [0.3, 0.4) is 0 Å². The van der Waals surface area contributed by atoms with E-state index in [1.165, 1.54) is 0 Å². The van der Waals surface area contributed by atoms with Gasteiger partial charge in [0.2, 0.25) is 5.91 Å². The second-order valence-corrected chi connectivity index (χ2v) is 7.28. The Morgan fingerprint density at radius 2 is 1.88 bits per heavy atom.